The maximum atomic E-state index is 4.77. The molecule has 4 rings (SSSR count). The fourth-order valence-electron chi connectivity index (χ4n) is 3.30. The second-order valence-corrected chi connectivity index (χ2v) is 6.67. The fourth-order valence-corrected chi connectivity index (χ4v) is 3.30. The molecule has 0 spiro atoms. The third-order valence-electron chi connectivity index (χ3n) is 4.85. The van der Waals surface area contributed by atoms with Crippen molar-refractivity contribution >= 4 is 22.2 Å². The molecule has 0 bridgehead atoms. The van der Waals surface area contributed by atoms with Crippen molar-refractivity contribution < 1.29 is 0 Å². The lowest BCUT2D eigenvalue weighted by Gasteiger charge is -2.11. The van der Waals surface area contributed by atoms with E-state index >= 15 is 0 Å². The number of anilines is 1. The summed E-state index contributed by atoms with van der Waals surface area (Å²) in [7, 11) is 0. The van der Waals surface area contributed by atoms with Gasteiger partial charge >= 0.3 is 0 Å². The van der Waals surface area contributed by atoms with Crippen LogP contribution in [-0.4, -0.2) is 5.71 Å². The zero-order valence-corrected chi connectivity index (χ0v) is 14.9. The summed E-state index contributed by atoms with van der Waals surface area (Å²) in [4.78, 5) is 0. The highest BCUT2D eigenvalue weighted by Gasteiger charge is 2.11. The van der Waals surface area contributed by atoms with Crippen LogP contribution in [0.15, 0.2) is 101 Å². The SMILES string of the molecule is CC1=C(CC(=NNc2ccc3ccccc3c2)c2ccccc2)CC=C1. The topological polar surface area (TPSA) is 24.4 Å². The van der Waals surface area contributed by atoms with Crippen LogP contribution in [0.1, 0.15) is 25.3 Å². The van der Waals surface area contributed by atoms with Gasteiger partial charge in [0.25, 0.3) is 0 Å². The van der Waals surface area contributed by atoms with Crippen LogP contribution >= 0.6 is 0 Å². The van der Waals surface area contributed by atoms with Gasteiger partial charge in [0.1, 0.15) is 0 Å². The predicted molar refractivity (Wildman–Crippen MR) is 112 cm³/mol. The van der Waals surface area contributed by atoms with Crippen molar-refractivity contribution in [1.29, 1.82) is 0 Å². The van der Waals surface area contributed by atoms with E-state index in [1.807, 2.05) is 6.07 Å². The highest BCUT2D eigenvalue weighted by Crippen LogP contribution is 2.24. The summed E-state index contributed by atoms with van der Waals surface area (Å²) in [5, 5.41) is 7.23. The van der Waals surface area contributed by atoms with Gasteiger partial charge in [-0.05, 0) is 41.8 Å². The van der Waals surface area contributed by atoms with E-state index in [0.29, 0.717) is 0 Å². The molecule has 0 radical (unpaired) electrons. The van der Waals surface area contributed by atoms with Crippen molar-refractivity contribution in [2.45, 2.75) is 19.8 Å². The van der Waals surface area contributed by atoms with Crippen LogP contribution in [0.5, 0.6) is 0 Å². The molecule has 26 heavy (non-hydrogen) atoms. The number of rotatable bonds is 5. The Labute approximate surface area is 154 Å². The number of fused-ring (bicyclic) bond motifs is 1. The van der Waals surface area contributed by atoms with Crippen LogP contribution in [-0.2, 0) is 0 Å². The summed E-state index contributed by atoms with van der Waals surface area (Å²) < 4.78 is 0. The Kier molecular flexibility index (Phi) is 4.65. The number of nitrogens with zero attached hydrogens (tertiary/aromatic N) is 1. The lowest BCUT2D eigenvalue weighted by molar-refractivity contribution is 1.13. The van der Waals surface area contributed by atoms with Crippen molar-refractivity contribution in [2.75, 3.05) is 5.43 Å². The summed E-state index contributed by atoms with van der Waals surface area (Å²) >= 11 is 0. The minimum atomic E-state index is 0.865. The van der Waals surface area contributed by atoms with E-state index in [9.17, 15) is 0 Å². The summed E-state index contributed by atoms with van der Waals surface area (Å²) in [5.74, 6) is 0. The number of hydrogen-bond donors (Lipinski definition) is 1. The Balaban J connectivity index is 1.63. The van der Waals surface area contributed by atoms with Crippen molar-refractivity contribution in [1.82, 2.24) is 0 Å². The van der Waals surface area contributed by atoms with Crippen LogP contribution in [0.2, 0.25) is 0 Å². The van der Waals surface area contributed by atoms with Gasteiger partial charge in [0, 0.05) is 6.42 Å². The van der Waals surface area contributed by atoms with E-state index in [-0.39, 0.29) is 0 Å². The van der Waals surface area contributed by atoms with Gasteiger partial charge in [-0.2, -0.15) is 5.10 Å². The molecule has 0 saturated heterocycles. The van der Waals surface area contributed by atoms with Crippen molar-refractivity contribution in [3.05, 3.63) is 102 Å². The number of benzene rings is 3. The van der Waals surface area contributed by atoms with E-state index in [1.165, 1.54) is 21.9 Å². The van der Waals surface area contributed by atoms with Crippen LogP contribution in [0.4, 0.5) is 5.69 Å². The van der Waals surface area contributed by atoms with E-state index < -0.39 is 0 Å². The number of nitrogens with one attached hydrogen (secondary N) is 1. The molecule has 0 aliphatic heterocycles. The molecular formula is C24H22N2. The van der Waals surface area contributed by atoms with Crippen LogP contribution < -0.4 is 5.43 Å². The molecule has 0 atom stereocenters. The molecule has 0 amide bonds. The number of hydrogen-bond acceptors (Lipinski definition) is 2. The zero-order chi connectivity index (χ0) is 17.8. The molecule has 0 saturated carbocycles. The first-order valence-corrected chi connectivity index (χ1v) is 9.01. The van der Waals surface area contributed by atoms with E-state index in [0.717, 1.165) is 29.8 Å². The summed E-state index contributed by atoms with van der Waals surface area (Å²) in [5.41, 5.74) is 9.30. The maximum absolute atomic E-state index is 4.77. The average Bonchev–Trinajstić information content (AvgIpc) is 3.10. The summed E-state index contributed by atoms with van der Waals surface area (Å²) in [6.07, 6.45) is 6.32. The van der Waals surface area contributed by atoms with Gasteiger partial charge in [-0.25, -0.2) is 0 Å². The van der Waals surface area contributed by atoms with Crippen molar-refractivity contribution in [3.63, 3.8) is 0 Å². The minimum Gasteiger partial charge on any atom is -0.278 e. The zero-order valence-electron chi connectivity index (χ0n) is 14.9. The normalized spacial score (nSPS) is 14.3. The molecule has 0 unspecified atom stereocenters. The maximum Gasteiger partial charge on any atom is 0.0720 e. The first kappa shape index (κ1) is 16.3. The monoisotopic (exact) mass is 338 g/mol. The average molecular weight is 338 g/mol. The summed E-state index contributed by atoms with van der Waals surface area (Å²) in [6, 6.07) is 25.1. The molecular weight excluding hydrogens is 316 g/mol. The Hall–Kier alpha value is -3.13. The standard InChI is InChI=1S/C24H22N2/c1-18-8-7-13-21(18)17-24(20-10-3-2-4-11-20)26-25-23-15-14-19-9-5-6-12-22(19)16-23/h2-12,14-16,25H,13,17H2,1H3. The van der Waals surface area contributed by atoms with Gasteiger partial charge in [-0.1, -0.05) is 84.0 Å². The Morgan fingerprint density at radius 1 is 0.923 bits per heavy atom. The Bertz CT molecular complexity index is 1010. The Morgan fingerprint density at radius 2 is 1.69 bits per heavy atom. The highest BCUT2D eigenvalue weighted by atomic mass is 15.3. The largest absolute Gasteiger partial charge is 0.278 e. The molecule has 0 aromatic heterocycles. The molecule has 3 aromatic rings. The van der Waals surface area contributed by atoms with Crippen LogP contribution in [0.3, 0.4) is 0 Å². The molecule has 2 heteroatoms. The van der Waals surface area contributed by atoms with Crippen LogP contribution in [0, 0.1) is 0 Å². The minimum absolute atomic E-state index is 0.865. The van der Waals surface area contributed by atoms with Gasteiger partial charge < -0.3 is 0 Å². The Morgan fingerprint density at radius 3 is 2.46 bits per heavy atom. The smallest absolute Gasteiger partial charge is 0.0720 e. The van der Waals surface area contributed by atoms with Crippen LogP contribution in [0.25, 0.3) is 10.8 Å². The van der Waals surface area contributed by atoms with Gasteiger partial charge in [-0.15, -0.1) is 0 Å². The van der Waals surface area contributed by atoms with Gasteiger partial charge in [0.05, 0.1) is 11.4 Å². The second kappa shape index (κ2) is 7.40. The molecule has 2 nitrogen and oxygen atoms in total. The van der Waals surface area contributed by atoms with Gasteiger partial charge in [0.15, 0.2) is 0 Å². The molecule has 0 heterocycles. The first-order valence-electron chi connectivity index (χ1n) is 9.01. The first-order chi connectivity index (χ1) is 12.8. The van der Waals surface area contributed by atoms with Crippen molar-refractivity contribution in [2.24, 2.45) is 5.10 Å². The number of allylic oxidation sites excluding steroid dienone is 4. The fraction of sp³-hybridized carbons (Fsp3) is 0.125. The third kappa shape index (κ3) is 3.60. The lowest BCUT2D eigenvalue weighted by Crippen LogP contribution is -2.06. The number of hydrazone groups is 1. The van der Waals surface area contributed by atoms with E-state index in [2.05, 4.69) is 91.2 Å². The molecule has 1 aliphatic carbocycles. The summed E-state index contributed by atoms with van der Waals surface area (Å²) in [6.45, 7) is 2.18. The second-order valence-electron chi connectivity index (χ2n) is 6.67. The van der Waals surface area contributed by atoms with E-state index in [1.54, 1.807) is 0 Å². The molecule has 1 aliphatic rings. The van der Waals surface area contributed by atoms with Crippen molar-refractivity contribution in [3.8, 4) is 0 Å². The molecule has 0 fully saturated rings. The third-order valence-corrected chi connectivity index (χ3v) is 4.85. The molecule has 3 aromatic carbocycles. The van der Waals surface area contributed by atoms with E-state index in [4.69, 9.17) is 5.10 Å². The molecule has 1 N–H and O–H groups in total. The van der Waals surface area contributed by atoms with Gasteiger partial charge in [0.2, 0.25) is 0 Å². The quantitative estimate of drug-likeness (QED) is 0.427. The van der Waals surface area contributed by atoms with Gasteiger partial charge in [-0.3, -0.25) is 5.43 Å². The predicted octanol–water partition coefficient (Wildman–Crippen LogP) is 6.32. The highest BCUT2D eigenvalue weighted by molar-refractivity contribution is 6.02. The molecule has 128 valence electrons. The lowest BCUT2D eigenvalue weighted by atomic mass is 10.00.